The number of methoxy groups -OCH3 is 2. The van der Waals surface area contributed by atoms with Gasteiger partial charge < -0.3 is 19.2 Å². The standard InChI is InChI=1S/C22H20N2O3/c1-25-17-10-7-15(8-11-17)14-27-20-12-9-16(13-21(20)26-2)22-23-18-5-3-4-6-19(18)24-22/h3-13H,14H2,1-2H3,(H,23,24). The smallest absolute Gasteiger partial charge is 0.161 e. The molecule has 27 heavy (non-hydrogen) atoms. The van der Waals surface area contributed by atoms with Gasteiger partial charge in [0, 0.05) is 5.56 Å². The van der Waals surface area contributed by atoms with Crippen LogP contribution in [-0.2, 0) is 6.61 Å². The summed E-state index contributed by atoms with van der Waals surface area (Å²) in [5.74, 6) is 2.98. The molecule has 1 aromatic heterocycles. The third-order valence-corrected chi connectivity index (χ3v) is 4.38. The first kappa shape index (κ1) is 17.0. The van der Waals surface area contributed by atoms with Crippen LogP contribution in [0.25, 0.3) is 22.4 Å². The molecule has 3 aromatic carbocycles. The minimum absolute atomic E-state index is 0.449. The van der Waals surface area contributed by atoms with E-state index in [0.29, 0.717) is 18.1 Å². The van der Waals surface area contributed by atoms with Crippen LogP contribution >= 0.6 is 0 Å². The van der Waals surface area contributed by atoms with E-state index in [1.807, 2.05) is 66.7 Å². The number of nitrogens with one attached hydrogen (secondary N) is 1. The maximum absolute atomic E-state index is 5.94. The summed E-state index contributed by atoms with van der Waals surface area (Å²) in [6, 6.07) is 21.6. The molecule has 5 nitrogen and oxygen atoms in total. The van der Waals surface area contributed by atoms with Gasteiger partial charge in [-0.05, 0) is 48.0 Å². The normalized spacial score (nSPS) is 10.7. The number of fused-ring (bicyclic) bond motifs is 1. The highest BCUT2D eigenvalue weighted by molar-refractivity contribution is 5.79. The maximum Gasteiger partial charge on any atom is 0.161 e. The van der Waals surface area contributed by atoms with E-state index in [2.05, 4.69) is 9.97 Å². The van der Waals surface area contributed by atoms with Gasteiger partial charge in [0.15, 0.2) is 11.5 Å². The molecule has 0 atom stereocenters. The molecule has 0 bridgehead atoms. The van der Waals surface area contributed by atoms with E-state index in [1.165, 1.54) is 0 Å². The van der Waals surface area contributed by atoms with Crippen molar-refractivity contribution in [1.82, 2.24) is 9.97 Å². The minimum Gasteiger partial charge on any atom is -0.497 e. The summed E-state index contributed by atoms with van der Waals surface area (Å²) in [5.41, 5.74) is 3.94. The lowest BCUT2D eigenvalue weighted by atomic mass is 10.2. The Morgan fingerprint density at radius 1 is 0.852 bits per heavy atom. The summed E-state index contributed by atoms with van der Waals surface area (Å²) < 4.78 is 16.6. The average molecular weight is 360 g/mol. The fraction of sp³-hybridized carbons (Fsp3) is 0.136. The van der Waals surface area contributed by atoms with Gasteiger partial charge in [0.05, 0.1) is 25.3 Å². The van der Waals surface area contributed by atoms with Gasteiger partial charge in [-0.15, -0.1) is 0 Å². The van der Waals surface area contributed by atoms with Crippen LogP contribution < -0.4 is 14.2 Å². The summed E-state index contributed by atoms with van der Waals surface area (Å²) in [6.07, 6.45) is 0. The first-order valence-corrected chi connectivity index (χ1v) is 8.66. The van der Waals surface area contributed by atoms with Gasteiger partial charge in [-0.25, -0.2) is 4.98 Å². The number of nitrogens with zero attached hydrogens (tertiary/aromatic N) is 1. The van der Waals surface area contributed by atoms with Crippen LogP contribution in [0.2, 0.25) is 0 Å². The molecule has 0 spiro atoms. The molecule has 136 valence electrons. The van der Waals surface area contributed by atoms with Crippen LogP contribution in [-0.4, -0.2) is 24.2 Å². The van der Waals surface area contributed by atoms with Crippen LogP contribution in [0, 0.1) is 0 Å². The van der Waals surface area contributed by atoms with Crippen molar-refractivity contribution in [3.8, 4) is 28.6 Å². The number of aromatic nitrogens is 2. The largest absolute Gasteiger partial charge is 0.497 e. The van der Waals surface area contributed by atoms with Gasteiger partial charge in [0.1, 0.15) is 18.2 Å². The maximum atomic E-state index is 5.94. The van der Waals surface area contributed by atoms with Gasteiger partial charge in [0.2, 0.25) is 0 Å². The highest BCUT2D eigenvalue weighted by Gasteiger charge is 2.10. The van der Waals surface area contributed by atoms with E-state index in [-0.39, 0.29) is 0 Å². The van der Waals surface area contributed by atoms with Gasteiger partial charge >= 0.3 is 0 Å². The summed E-state index contributed by atoms with van der Waals surface area (Å²) in [7, 11) is 3.29. The van der Waals surface area contributed by atoms with Crippen molar-refractivity contribution in [3.05, 3.63) is 72.3 Å². The summed E-state index contributed by atoms with van der Waals surface area (Å²) >= 11 is 0. The van der Waals surface area contributed by atoms with Crippen molar-refractivity contribution in [2.45, 2.75) is 6.61 Å². The summed E-state index contributed by atoms with van der Waals surface area (Å²) in [5, 5.41) is 0. The number of ether oxygens (including phenoxy) is 3. The molecule has 4 aromatic rings. The van der Waals surface area contributed by atoms with Crippen LogP contribution in [0.5, 0.6) is 17.2 Å². The Morgan fingerprint density at radius 2 is 1.67 bits per heavy atom. The predicted octanol–water partition coefficient (Wildman–Crippen LogP) is 4.83. The van der Waals surface area contributed by atoms with Crippen molar-refractivity contribution < 1.29 is 14.2 Å². The SMILES string of the molecule is COc1ccc(COc2ccc(-c3nc4ccccc4[nH]3)cc2OC)cc1. The second-order valence-corrected chi connectivity index (χ2v) is 6.10. The lowest BCUT2D eigenvalue weighted by Crippen LogP contribution is -1.98. The van der Waals surface area contributed by atoms with E-state index < -0.39 is 0 Å². The average Bonchev–Trinajstić information content (AvgIpc) is 3.17. The molecule has 1 N–H and O–H groups in total. The molecule has 0 saturated heterocycles. The van der Waals surface area contributed by atoms with Gasteiger partial charge in [-0.2, -0.15) is 0 Å². The Bertz CT molecular complexity index is 1020. The second kappa shape index (κ2) is 7.41. The topological polar surface area (TPSA) is 56.4 Å². The van der Waals surface area contributed by atoms with E-state index in [9.17, 15) is 0 Å². The fourth-order valence-electron chi connectivity index (χ4n) is 2.91. The molecule has 0 unspecified atom stereocenters. The molecule has 0 fully saturated rings. The zero-order valence-corrected chi connectivity index (χ0v) is 15.2. The van der Waals surface area contributed by atoms with Crippen molar-refractivity contribution in [2.24, 2.45) is 0 Å². The summed E-state index contributed by atoms with van der Waals surface area (Å²) in [6.45, 7) is 0.449. The lowest BCUT2D eigenvalue weighted by molar-refractivity contribution is 0.284. The molecule has 0 radical (unpaired) electrons. The third-order valence-electron chi connectivity index (χ3n) is 4.38. The van der Waals surface area contributed by atoms with E-state index in [0.717, 1.165) is 33.7 Å². The van der Waals surface area contributed by atoms with Crippen LogP contribution in [0.3, 0.4) is 0 Å². The Morgan fingerprint density at radius 3 is 2.41 bits per heavy atom. The first-order chi connectivity index (χ1) is 13.3. The number of hydrogen-bond acceptors (Lipinski definition) is 4. The third kappa shape index (κ3) is 3.58. The Labute approximate surface area is 157 Å². The zero-order chi connectivity index (χ0) is 18.6. The number of benzene rings is 3. The monoisotopic (exact) mass is 360 g/mol. The van der Waals surface area contributed by atoms with E-state index >= 15 is 0 Å². The molecule has 0 saturated carbocycles. The van der Waals surface area contributed by atoms with Crippen LogP contribution in [0.15, 0.2) is 66.7 Å². The molecule has 0 aliphatic rings. The van der Waals surface area contributed by atoms with Crippen LogP contribution in [0.1, 0.15) is 5.56 Å². The van der Waals surface area contributed by atoms with E-state index in [4.69, 9.17) is 14.2 Å². The number of rotatable bonds is 6. The molecule has 1 heterocycles. The second-order valence-electron chi connectivity index (χ2n) is 6.10. The lowest BCUT2D eigenvalue weighted by Gasteiger charge is -2.12. The number of aromatic amines is 1. The predicted molar refractivity (Wildman–Crippen MR) is 105 cm³/mol. The van der Waals surface area contributed by atoms with Gasteiger partial charge in [-0.1, -0.05) is 24.3 Å². The molecular formula is C22H20N2O3. The fourth-order valence-corrected chi connectivity index (χ4v) is 2.91. The Balaban J connectivity index is 1.55. The van der Waals surface area contributed by atoms with E-state index in [1.54, 1.807) is 14.2 Å². The Kier molecular flexibility index (Phi) is 4.66. The van der Waals surface area contributed by atoms with Crippen molar-refractivity contribution >= 4 is 11.0 Å². The molecule has 0 aliphatic heterocycles. The quantitative estimate of drug-likeness (QED) is 0.535. The highest BCUT2D eigenvalue weighted by Crippen LogP contribution is 2.33. The number of H-pyrrole nitrogens is 1. The molecular weight excluding hydrogens is 340 g/mol. The molecule has 0 amide bonds. The molecule has 0 aliphatic carbocycles. The minimum atomic E-state index is 0.449. The Hall–Kier alpha value is -3.47. The highest BCUT2D eigenvalue weighted by atomic mass is 16.5. The van der Waals surface area contributed by atoms with Gasteiger partial charge in [0.25, 0.3) is 0 Å². The first-order valence-electron chi connectivity index (χ1n) is 8.66. The molecule has 5 heteroatoms. The van der Waals surface area contributed by atoms with Gasteiger partial charge in [-0.3, -0.25) is 0 Å². The van der Waals surface area contributed by atoms with Crippen molar-refractivity contribution in [1.29, 1.82) is 0 Å². The van der Waals surface area contributed by atoms with Crippen molar-refractivity contribution in [2.75, 3.05) is 14.2 Å². The summed E-state index contributed by atoms with van der Waals surface area (Å²) in [4.78, 5) is 7.97. The number of para-hydroxylation sites is 2. The molecule has 4 rings (SSSR count). The van der Waals surface area contributed by atoms with Crippen LogP contribution in [0.4, 0.5) is 0 Å². The number of imidazole rings is 1. The zero-order valence-electron chi connectivity index (χ0n) is 15.2. The van der Waals surface area contributed by atoms with Crippen molar-refractivity contribution in [3.63, 3.8) is 0 Å². The number of hydrogen-bond donors (Lipinski definition) is 1.